The average Bonchev–Trinajstić information content (AvgIpc) is 2.12. The number of hydrogen-bond acceptors (Lipinski definition) is 0. The molecule has 0 N–H and O–H groups in total. The molecular formula is C13H34. The standard InChI is InChI=1S/C5H12.2C3H8.C2H6/c1-3-5-4-2;2*1-3-2;1-2/h3-5H2,1-2H3;2*3H2,1-2H3;1-2H3. The van der Waals surface area contributed by atoms with E-state index in [0.29, 0.717) is 0 Å². The predicted molar refractivity (Wildman–Crippen MR) is 68.5 cm³/mol. The molecule has 0 unspecified atom stereocenters. The van der Waals surface area contributed by atoms with Crippen LogP contribution in [0.4, 0.5) is 0 Å². The van der Waals surface area contributed by atoms with Gasteiger partial charge in [-0.25, -0.2) is 0 Å². The van der Waals surface area contributed by atoms with Crippen LogP contribution in [0.2, 0.25) is 0 Å². The van der Waals surface area contributed by atoms with Crippen molar-refractivity contribution in [2.24, 2.45) is 0 Å². The molecule has 0 heterocycles. The lowest BCUT2D eigenvalue weighted by Crippen LogP contribution is -1.59. The van der Waals surface area contributed by atoms with Crippen LogP contribution in [0.5, 0.6) is 0 Å². The summed E-state index contributed by atoms with van der Waals surface area (Å²) in [5.41, 5.74) is 0. The third-order valence-electron chi connectivity index (χ3n) is 0.707. The van der Waals surface area contributed by atoms with Gasteiger partial charge in [0, 0.05) is 0 Å². The Morgan fingerprint density at radius 1 is 0.538 bits per heavy atom. The molecule has 86 valence electrons. The first-order valence-corrected chi connectivity index (χ1v) is 6.24. The van der Waals surface area contributed by atoms with Gasteiger partial charge in [0.05, 0.1) is 0 Å². The Bertz CT molecular complexity index is 19.2. The summed E-state index contributed by atoms with van der Waals surface area (Å²) in [4.78, 5) is 0. The van der Waals surface area contributed by atoms with Gasteiger partial charge in [-0.05, 0) is 0 Å². The third-order valence-corrected chi connectivity index (χ3v) is 0.707. The van der Waals surface area contributed by atoms with Gasteiger partial charge in [-0.15, -0.1) is 0 Å². The first-order valence-electron chi connectivity index (χ1n) is 6.24. The molecule has 0 amide bonds. The van der Waals surface area contributed by atoms with E-state index in [9.17, 15) is 0 Å². The molecule has 0 bridgehead atoms. The molecule has 0 aromatic heterocycles. The van der Waals surface area contributed by atoms with Crippen LogP contribution in [0.25, 0.3) is 0 Å². The third kappa shape index (κ3) is 300. The zero-order chi connectivity index (χ0) is 11.5. The zero-order valence-corrected chi connectivity index (χ0v) is 11.5. The van der Waals surface area contributed by atoms with Crippen molar-refractivity contribution in [1.29, 1.82) is 0 Å². The van der Waals surface area contributed by atoms with Gasteiger partial charge in [-0.3, -0.25) is 0 Å². The highest BCUT2D eigenvalue weighted by Gasteiger charge is 1.68. The summed E-state index contributed by atoms with van der Waals surface area (Å²) < 4.78 is 0. The van der Waals surface area contributed by atoms with E-state index in [1.165, 1.54) is 32.1 Å². The molecule has 0 spiro atoms. The molecule has 0 saturated heterocycles. The van der Waals surface area contributed by atoms with E-state index in [-0.39, 0.29) is 0 Å². The first kappa shape index (κ1) is 23.1. The van der Waals surface area contributed by atoms with E-state index >= 15 is 0 Å². The van der Waals surface area contributed by atoms with Crippen molar-refractivity contribution in [1.82, 2.24) is 0 Å². The van der Waals surface area contributed by atoms with Crippen molar-refractivity contribution < 1.29 is 0 Å². The molecule has 13 heavy (non-hydrogen) atoms. The first-order chi connectivity index (χ1) is 6.24. The topological polar surface area (TPSA) is 0 Å². The summed E-state index contributed by atoms with van der Waals surface area (Å²) in [7, 11) is 0. The Hall–Kier alpha value is 0. The van der Waals surface area contributed by atoms with Crippen molar-refractivity contribution >= 4 is 0 Å². The monoisotopic (exact) mass is 190 g/mol. The fourth-order valence-corrected chi connectivity index (χ4v) is 0.354. The molecule has 0 aromatic carbocycles. The molecule has 0 atom stereocenters. The van der Waals surface area contributed by atoms with Crippen LogP contribution < -0.4 is 0 Å². The summed E-state index contributed by atoms with van der Waals surface area (Å²) in [6.45, 7) is 16.9. The molecule has 0 aliphatic heterocycles. The van der Waals surface area contributed by atoms with E-state index in [1.807, 2.05) is 13.8 Å². The smallest absolute Gasteiger partial charge is 0.0538 e. The second kappa shape index (κ2) is 58.1. The molecule has 0 fully saturated rings. The minimum Gasteiger partial charge on any atom is -0.0683 e. The lowest BCUT2D eigenvalue weighted by molar-refractivity contribution is 0.772. The van der Waals surface area contributed by atoms with Crippen LogP contribution in [0, 0.1) is 0 Å². The van der Waals surface area contributed by atoms with Crippen LogP contribution in [0.3, 0.4) is 0 Å². The minimum absolute atomic E-state index is 1.25. The van der Waals surface area contributed by atoms with Crippen LogP contribution in [0.15, 0.2) is 0 Å². The number of unbranched alkanes of at least 4 members (excludes halogenated alkanes) is 2. The number of rotatable bonds is 2. The van der Waals surface area contributed by atoms with Crippen molar-refractivity contribution in [2.45, 2.75) is 87.5 Å². The Balaban J connectivity index is -0.0000000446. The fourth-order valence-electron chi connectivity index (χ4n) is 0.354. The summed E-state index contributed by atoms with van der Waals surface area (Å²) in [6, 6.07) is 0. The van der Waals surface area contributed by atoms with Crippen molar-refractivity contribution in [3.63, 3.8) is 0 Å². The predicted octanol–water partition coefficient (Wildman–Crippen LogP) is 6.06. The zero-order valence-electron chi connectivity index (χ0n) is 11.5. The molecule has 0 heteroatoms. The van der Waals surface area contributed by atoms with Gasteiger partial charge in [-0.2, -0.15) is 0 Å². The van der Waals surface area contributed by atoms with Crippen molar-refractivity contribution in [3.05, 3.63) is 0 Å². The van der Waals surface area contributed by atoms with Gasteiger partial charge in [0.2, 0.25) is 0 Å². The number of hydrogen-bond donors (Lipinski definition) is 0. The van der Waals surface area contributed by atoms with E-state index in [1.54, 1.807) is 0 Å². The lowest BCUT2D eigenvalue weighted by Gasteiger charge is -1.79. The minimum atomic E-state index is 1.25. The molecule has 0 aliphatic carbocycles. The Morgan fingerprint density at radius 3 is 0.692 bits per heavy atom. The molecular weight excluding hydrogens is 156 g/mol. The second-order valence-electron chi connectivity index (χ2n) is 2.77. The van der Waals surface area contributed by atoms with Crippen LogP contribution in [0.1, 0.15) is 87.5 Å². The molecule has 0 aliphatic rings. The van der Waals surface area contributed by atoms with Crippen molar-refractivity contribution in [3.8, 4) is 0 Å². The Kier molecular flexibility index (Phi) is 103. The highest BCUT2D eigenvalue weighted by molar-refractivity contribution is 4.24. The Morgan fingerprint density at radius 2 is 0.692 bits per heavy atom. The van der Waals surface area contributed by atoms with Crippen LogP contribution in [-0.2, 0) is 0 Å². The maximum atomic E-state index is 2.21. The van der Waals surface area contributed by atoms with E-state index in [2.05, 4.69) is 41.5 Å². The normalized spacial score (nSPS) is 6.46. The average molecular weight is 190 g/mol. The molecule has 0 rings (SSSR count). The van der Waals surface area contributed by atoms with E-state index in [4.69, 9.17) is 0 Å². The van der Waals surface area contributed by atoms with Gasteiger partial charge in [0.15, 0.2) is 0 Å². The quantitative estimate of drug-likeness (QED) is 0.497. The fraction of sp³-hybridized carbons (Fsp3) is 1.00. The largest absolute Gasteiger partial charge is 0.0683 e. The van der Waals surface area contributed by atoms with Gasteiger partial charge in [-0.1, -0.05) is 87.5 Å². The van der Waals surface area contributed by atoms with Gasteiger partial charge < -0.3 is 0 Å². The molecule has 0 aromatic rings. The SMILES string of the molecule is CC.CCC.CCC.CCCCC. The molecule has 0 radical (unpaired) electrons. The van der Waals surface area contributed by atoms with Gasteiger partial charge >= 0.3 is 0 Å². The summed E-state index contributed by atoms with van der Waals surface area (Å²) in [5, 5.41) is 0. The summed E-state index contributed by atoms with van der Waals surface area (Å²) in [6.07, 6.45) is 6.58. The second-order valence-corrected chi connectivity index (χ2v) is 2.77. The lowest BCUT2D eigenvalue weighted by atomic mass is 10.3. The van der Waals surface area contributed by atoms with Gasteiger partial charge in [0.25, 0.3) is 0 Å². The van der Waals surface area contributed by atoms with E-state index < -0.39 is 0 Å². The highest BCUT2D eigenvalue weighted by Crippen LogP contribution is 1.88. The van der Waals surface area contributed by atoms with E-state index in [0.717, 1.165) is 0 Å². The maximum Gasteiger partial charge on any atom is -0.0538 e. The maximum absolute atomic E-state index is 2.21. The molecule has 0 saturated carbocycles. The van der Waals surface area contributed by atoms with Crippen molar-refractivity contribution in [2.75, 3.05) is 0 Å². The highest BCUT2D eigenvalue weighted by atomic mass is 13.7. The Labute approximate surface area is 88.1 Å². The van der Waals surface area contributed by atoms with Crippen LogP contribution >= 0.6 is 0 Å². The summed E-state index contributed by atoms with van der Waals surface area (Å²) in [5.74, 6) is 0. The van der Waals surface area contributed by atoms with Crippen LogP contribution in [-0.4, -0.2) is 0 Å². The molecule has 0 nitrogen and oxygen atoms in total. The summed E-state index contributed by atoms with van der Waals surface area (Å²) >= 11 is 0. The van der Waals surface area contributed by atoms with Gasteiger partial charge in [0.1, 0.15) is 0 Å².